The van der Waals surface area contributed by atoms with Crippen LogP contribution in [0.2, 0.25) is 0 Å². The van der Waals surface area contributed by atoms with Gasteiger partial charge in [-0.05, 0) is 56.9 Å². The Bertz CT molecular complexity index is 640. The predicted octanol–water partition coefficient (Wildman–Crippen LogP) is 2.18. The number of rotatable bonds is 2. The summed E-state index contributed by atoms with van der Waals surface area (Å²) in [4.78, 5) is 4.58. The van der Waals surface area contributed by atoms with Crippen molar-refractivity contribution in [3.05, 3.63) is 41.0 Å². The molecule has 1 fully saturated rings. The summed E-state index contributed by atoms with van der Waals surface area (Å²) in [6.45, 7) is 6.05. The molecule has 1 saturated carbocycles. The quantitative estimate of drug-likeness (QED) is 0.888. The Morgan fingerprint density at radius 2 is 1.77 bits per heavy atom. The van der Waals surface area contributed by atoms with E-state index >= 15 is 0 Å². The highest BCUT2D eigenvalue weighted by Crippen LogP contribution is 2.34. The summed E-state index contributed by atoms with van der Waals surface area (Å²) in [5.41, 5.74) is 9.37. The number of aryl methyl sites for hydroxylation is 3. The highest BCUT2D eigenvalue weighted by molar-refractivity contribution is 5.85. The molecule has 0 spiro atoms. The molecule has 1 aromatic heterocycles. The van der Waals surface area contributed by atoms with Crippen LogP contribution >= 0.6 is 12.4 Å². The van der Waals surface area contributed by atoms with Gasteiger partial charge in [0.15, 0.2) is 0 Å². The number of halogens is 1. The van der Waals surface area contributed by atoms with E-state index in [1.54, 1.807) is 0 Å². The lowest BCUT2D eigenvalue weighted by Gasteiger charge is -2.12. The molecule has 0 unspecified atom stereocenters. The maximum absolute atomic E-state index is 9.90. The maximum Gasteiger partial charge on any atom is 0.148 e. The molecular weight excluding hydrogens is 300 g/mol. The fourth-order valence-corrected chi connectivity index (χ4v) is 3.22. The molecule has 3 N–H and O–H groups in total. The van der Waals surface area contributed by atoms with Crippen LogP contribution in [0.1, 0.15) is 41.5 Å². The molecule has 0 radical (unpaired) electrons. The first kappa shape index (κ1) is 16.9. The van der Waals surface area contributed by atoms with Crippen LogP contribution in [0.3, 0.4) is 0 Å². The van der Waals surface area contributed by atoms with Gasteiger partial charge < -0.3 is 10.8 Å². The van der Waals surface area contributed by atoms with E-state index in [9.17, 15) is 5.11 Å². The number of hydrogen-bond donors (Lipinski definition) is 2. The normalized spacial score (nSPS) is 24.3. The van der Waals surface area contributed by atoms with Gasteiger partial charge in [0.1, 0.15) is 11.6 Å². The molecule has 22 heavy (non-hydrogen) atoms. The van der Waals surface area contributed by atoms with E-state index in [2.05, 4.69) is 42.1 Å². The summed E-state index contributed by atoms with van der Waals surface area (Å²) in [6, 6.07) is 6.19. The predicted molar refractivity (Wildman–Crippen MR) is 88.8 cm³/mol. The van der Waals surface area contributed by atoms with Gasteiger partial charge in [0.05, 0.1) is 11.8 Å². The Kier molecular flexibility index (Phi) is 4.90. The van der Waals surface area contributed by atoms with Crippen molar-refractivity contribution >= 4 is 12.4 Å². The average Bonchev–Trinajstić information content (AvgIpc) is 2.92. The fourth-order valence-electron chi connectivity index (χ4n) is 3.22. The molecule has 1 heterocycles. The molecule has 0 aliphatic heterocycles. The summed E-state index contributed by atoms with van der Waals surface area (Å²) in [6.07, 6.45) is 0.966. The van der Waals surface area contributed by atoms with Crippen LogP contribution in [0.5, 0.6) is 0 Å². The van der Waals surface area contributed by atoms with Crippen LogP contribution in [0.25, 0.3) is 5.69 Å². The molecule has 5 nitrogen and oxygen atoms in total. The van der Waals surface area contributed by atoms with Gasteiger partial charge in [-0.15, -0.1) is 12.4 Å². The van der Waals surface area contributed by atoms with Crippen molar-refractivity contribution in [2.24, 2.45) is 5.73 Å². The average molecular weight is 323 g/mol. The van der Waals surface area contributed by atoms with E-state index in [0.717, 1.165) is 23.8 Å². The Labute approximate surface area is 137 Å². The maximum atomic E-state index is 9.90. The van der Waals surface area contributed by atoms with Crippen LogP contribution in [-0.4, -0.2) is 32.0 Å². The minimum absolute atomic E-state index is 0. The van der Waals surface area contributed by atoms with Crippen LogP contribution in [0.4, 0.5) is 0 Å². The molecule has 2 aromatic rings. The summed E-state index contributed by atoms with van der Waals surface area (Å²) >= 11 is 0. The molecule has 0 amide bonds. The minimum atomic E-state index is -0.445. The van der Waals surface area contributed by atoms with Gasteiger partial charge in [0.25, 0.3) is 0 Å². The van der Waals surface area contributed by atoms with Crippen molar-refractivity contribution in [3.8, 4) is 5.69 Å². The molecule has 3 rings (SSSR count). The monoisotopic (exact) mass is 322 g/mol. The summed E-state index contributed by atoms with van der Waals surface area (Å²) in [5, 5.41) is 14.4. The van der Waals surface area contributed by atoms with Gasteiger partial charge >= 0.3 is 0 Å². The molecular formula is C16H23ClN4O. The molecule has 1 aliphatic carbocycles. The first-order chi connectivity index (χ1) is 9.94. The number of aromatic nitrogens is 3. The van der Waals surface area contributed by atoms with Crippen molar-refractivity contribution in [1.82, 2.24) is 14.8 Å². The number of hydrogen-bond acceptors (Lipinski definition) is 4. The molecule has 1 aromatic carbocycles. The number of nitrogens with two attached hydrogens (primary N) is 1. The number of aliphatic hydroxyl groups is 1. The first-order valence-corrected chi connectivity index (χ1v) is 7.40. The second-order valence-electron chi connectivity index (χ2n) is 6.17. The third-order valence-corrected chi connectivity index (χ3v) is 4.13. The van der Waals surface area contributed by atoms with E-state index < -0.39 is 6.10 Å². The second-order valence-corrected chi connectivity index (χ2v) is 6.17. The molecule has 120 valence electrons. The van der Waals surface area contributed by atoms with E-state index in [1.165, 1.54) is 11.1 Å². The van der Waals surface area contributed by atoms with Crippen LogP contribution in [0.15, 0.2) is 18.2 Å². The van der Waals surface area contributed by atoms with Crippen molar-refractivity contribution < 1.29 is 5.11 Å². The highest BCUT2D eigenvalue weighted by Gasteiger charge is 2.34. The lowest BCUT2D eigenvalue weighted by molar-refractivity contribution is 0.163. The van der Waals surface area contributed by atoms with Gasteiger partial charge in [-0.25, -0.2) is 9.67 Å². The summed E-state index contributed by atoms with van der Waals surface area (Å²) in [7, 11) is 0. The fraction of sp³-hybridized carbons (Fsp3) is 0.500. The van der Waals surface area contributed by atoms with Crippen LogP contribution in [-0.2, 0) is 0 Å². The standard InChI is InChI=1S/C16H22N4O.ClH/c1-9-4-10(2)6-13(5-9)20-16(18-11(3)19-20)12-7-14(17)15(21)8-12;/h4-6,12,14-15,21H,7-8,17H2,1-3H3;1H/t12-,14+,15+;/m0./s1. The molecule has 0 bridgehead atoms. The van der Waals surface area contributed by atoms with Gasteiger partial charge in [0, 0.05) is 12.0 Å². The minimum Gasteiger partial charge on any atom is -0.391 e. The summed E-state index contributed by atoms with van der Waals surface area (Å²) < 4.78 is 1.91. The number of nitrogens with zero attached hydrogens (tertiary/aromatic N) is 3. The third kappa shape index (κ3) is 3.16. The largest absolute Gasteiger partial charge is 0.391 e. The van der Waals surface area contributed by atoms with Crippen molar-refractivity contribution in [1.29, 1.82) is 0 Å². The lowest BCUT2D eigenvalue weighted by atomic mass is 10.1. The highest BCUT2D eigenvalue weighted by atomic mass is 35.5. The van der Waals surface area contributed by atoms with E-state index in [0.29, 0.717) is 6.42 Å². The molecule has 0 saturated heterocycles. The second kappa shape index (κ2) is 6.36. The van der Waals surface area contributed by atoms with Gasteiger partial charge in [0.2, 0.25) is 0 Å². The molecule has 1 aliphatic rings. The van der Waals surface area contributed by atoms with Crippen molar-refractivity contribution in [2.75, 3.05) is 0 Å². The van der Waals surface area contributed by atoms with E-state index in [1.807, 2.05) is 11.6 Å². The van der Waals surface area contributed by atoms with Gasteiger partial charge in [-0.1, -0.05) is 6.07 Å². The van der Waals surface area contributed by atoms with Crippen LogP contribution < -0.4 is 5.73 Å². The zero-order chi connectivity index (χ0) is 15.1. The SMILES string of the molecule is Cc1cc(C)cc(-n2nc(C)nc2[C@H]2C[C@@H](N)[C@H](O)C2)c1.Cl. The van der Waals surface area contributed by atoms with E-state index in [-0.39, 0.29) is 24.4 Å². The Balaban J connectivity index is 0.00000176. The topological polar surface area (TPSA) is 77.0 Å². The zero-order valence-corrected chi connectivity index (χ0v) is 14.0. The van der Waals surface area contributed by atoms with Gasteiger partial charge in [-0.2, -0.15) is 5.10 Å². The zero-order valence-electron chi connectivity index (χ0n) is 13.2. The van der Waals surface area contributed by atoms with Gasteiger partial charge in [-0.3, -0.25) is 0 Å². The Morgan fingerprint density at radius 3 is 2.32 bits per heavy atom. The number of benzene rings is 1. The van der Waals surface area contributed by atoms with E-state index in [4.69, 9.17) is 5.73 Å². The molecule has 3 atom stereocenters. The van der Waals surface area contributed by atoms with Crippen LogP contribution in [0, 0.1) is 20.8 Å². The summed E-state index contributed by atoms with van der Waals surface area (Å²) in [5.74, 6) is 1.82. The smallest absolute Gasteiger partial charge is 0.148 e. The van der Waals surface area contributed by atoms with Crippen molar-refractivity contribution in [2.45, 2.75) is 51.7 Å². The molecule has 6 heteroatoms. The first-order valence-electron chi connectivity index (χ1n) is 7.40. The van der Waals surface area contributed by atoms with Crippen molar-refractivity contribution in [3.63, 3.8) is 0 Å². The lowest BCUT2D eigenvalue weighted by Crippen LogP contribution is -2.28. The Hall–Kier alpha value is -1.43. The third-order valence-electron chi connectivity index (χ3n) is 4.13. The number of aliphatic hydroxyl groups excluding tert-OH is 1. The Morgan fingerprint density at radius 1 is 1.14 bits per heavy atom.